The molecule has 2 aromatic rings. The first-order valence-corrected chi connectivity index (χ1v) is 6.23. The van der Waals surface area contributed by atoms with Crippen LogP contribution in [0.25, 0.3) is 5.65 Å². The van der Waals surface area contributed by atoms with Crippen LogP contribution in [0.2, 0.25) is 0 Å². The van der Waals surface area contributed by atoms with E-state index in [9.17, 15) is 9.59 Å². The topological polar surface area (TPSA) is 85.6 Å². The van der Waals surface area contributed by atoms with E-state index in [-0.39, 0.29) is 24.2 Å². The molecule has 0 spiro atoms. The first kappa shape index (κ1) is 11.9. The SMILES string of the molecule is N[C@@H]1CCN(C(=O)Cn2nc3ccccn3c2=O)C1. The fourth-order valence-electron chi connectivity index (χ4n) is 2.31. The molecule has 19 heavy (non-hydrogen) atoms. The Morgan fingerprint density at radius 2 is 2.32 bits per heavy atom. The van der Waals surface area contributed by atoms with Gasteiger partial charge in [0, 0.05) is 25.3 Å². The van der Waals surface area contributed by atoms with Gasteiger partial charge in [0.1, 0.15) is 6.54 Å². The summed E-state index contributed by atoms with van der Waals surface area (Å²) in [7, 11) is 0. The Morgan fingerprint density at radius 1 is 1.47 bits per heavy atom. The van der Waals surface area contributed by atoms with Gasteiger partial charge in [0.15, 0.2) is 5.65 Å². The Bertz CT molecular complexity index is 674. The van der Waals surface area contributed by atoms with Crippen molar-refractivity contribution in [3.63, 3.8) is 0 Å². The maximum absolute atomic E-state index is 12.1. The minimum atomic E-state index is -0.299. The number of amides is 1. The monoisotopic (exact) mass is 261 g/mol. The van der Waals surface area contributed by atoms with Gasteiger partial charge >= 0.3 is 5.69 Å². The lowest BCUT2D eigenvalue weighted by molar-refractivity contribution is -0.131. The number of rotatable bonds is 2. The van der Waals surface area contributed by atoms with Gasteiger partial charge in [0.25, 0.3) is 0 Å². The molecule has 0 unspecified atom stereocenters. The molecule has 1 amide bonds. The summed E-state index contributed by atoms with van der Waals surface area (Å²) in [6.45, 7) is 1.18. The van der Waals surface area contributed by atoms with Crippen LogP contribution in [0.5, 0.6) is 0 Å². The summed E-state index contributed by atoms with van der Waals surface area (Å²) in [5.74, 6) is -0.113. The number of likely N-dealkylation sites (tertiary alicyclic amines) is 1. The maximum atomic E-state index is 12.1. The van der Waals surface area contributed by atoms with E-state index in [4.69, 9.17) is 5.73 Å². The highest BCUT2D eigenvalue weighted by Crippen LogP contribution is 2.07. The molecule has 7 heteroatoms. The average molecular weight is 261 g/mol. The second-order valence-electron chi connectivity index (χ2n) is 4.76. The van der Waals surface area contributed by atoms with Gasteiger partial charge in [-0.2, -0.15) is 0 Å². The van der Waals surface area contributed by atoms with Crippen molar-refractivity contribution in [3.05, 3.63) is 34.9 Å². The van der Waals surface area contributed by atoms with E-state index < -0.39 is 0 Å². The quantitative estimate of drug-likeness (QED) is 0.755. The van der Waals surface area contributed by atoms with Crippen LogP contribution < -0.4 is 11.4 Å². The van der Waals surface area contributed by atoms with E-state index in [1.165, 1.54) is 9.08 Å². The Kier molecular flexibility index (Phi) is 2.83. The van der Waals surface area contributed by atoms with Crippen molar-refractivity contribution >= 4 is 11.6 Å². The predicted molar refractivity (Wildman–Crippen MR) is 68.6 cm³/mol. The van der Waals surface area contributed by atoms with E-state index in [1.54, 1.807) is 29.3 Å². The fourth-order valence-corrected chi connectivity index (χ4v) is 2.31. The van der Waals surface area contributed by atoms with Crippen molar-refractivity contribution in [1.29, 1.82) is 0 Å². The number of nitrogens with zero attached hydrogens (tertiary/aromatic N) is 4. The molecular weight excluding hydrogens is 246 g/mol. The maximum Gasteiger partial charge on any atom is 0.350 e. The zero-order chi connectivity index (χ0) is 13.4. The van der Waals surface area contributed by atoms with E-state index in [0.29, 0.717) is 18.7 Å². The Balaban J connectivity index is 1.83. The zero-order valence-electron chi connectivity index (χ0n) is 10.4. The van der Waals surface area contributed by atoms with Gasteiger partial charge in [0.2, 0.25) is 5.91 Å². The van der Waals surface area contributed by atoms with Crippen LogP contribution in [0, 0.1) is 0 Å². The van der Waals surface area contributed by atoms with Crippen molar-refractivity contribution in [3.8, 4) is 0 Å². The minimum absolute atomic E-state index is 0.0345. The van der Waals surface area contributed by atoms with E-state index in [0.717, 1.165) is 6.42 Å². The van der Waals surface area contributed by atoms with Crippen LogP contribution in [0.1, 0.15) is 6.42 Å². The minimum Gasteiger partial charge on any atom is -0.339 e. The van der Waals surface area contributed by atoms with E-state index in [1.807, 2.05) is 0 Å². The fraction of sp³-hybridized carbons (Fsp3) is 0.417. The van der Waals surface area contributed by atoms with Gasteiger partial charge < -0.3 is 10.6 Å². The summed E-state index contributed by atoms with van der Waals surface area (Å²) in [6.07, 6.45) is 2.45. The summed E-state index contributed by atoms with van der Waals surface area (Å²) in [6, 6.07) is 5.32. The summed E-state index contributed by atoms with van der Waals surface area (Å²) >= 11 is 0. The molecule has 0 radical (unpaired) electrons. The summed E-state index contributed by atoms with van der Waals surface area (Å²) < 4.78 is 2.62. The smallest absolute Gasteiger partial charge is 0.339 e. The first-order valence-electron chi connectivity index (χ1n) is 6.23. The predicted octanol–water partition coefficient (Wildman–Crippen LogP) is -0.944. The summed E-state index contributed by atoms with van der Waals surface area (Å²) in [4.78, 5) is 25.7. The highest BCUT2D eigenvalue weighted by Gasteiger charge is 2.24. The number of fused-ring (bicyclic) bond motifs is 1. The molecule has 2 N–H and O–H groups in total. The first-order chi connectivity index (χ1) is 9.15. The van der Waals surface area contributed by atoms with Crippen LogP contribution in [-0.4, -0.2) is 44.1 Å². The molecule has 1 saturated heterocycles. The number of aromatic nitrogens is 3. The van der Waals surface area contributed by atoms with Gasteiger partial charge in [-0.15, -0.1) is 5.10 Å². The van der Waals surface area contributed by atoms with Crippen LogP contribution >= 0.6 is 0 Å². The number of hydrogen-bond donors (Lipinski definition) is 1. The lowest BCUT2D eigenvalue weighted by Gasteiger charge is -2.14. The zero-order valence-corrected chi connectivity index (χ0v) is 10.4. The van der Waals surface area contributed by atoms with E-state index in [2.05, 4.69) is 5.10 Å². The van der Waals surface area contributed by atoms with Gasteiger partial charge in [-0.1, -0.05) is 6.07 Å². The highest BCUT2D eigenvalue weighted by molar-refractivity contribution is 5.76. The normalized spacial score (nSPS) is 19.2. The van der Waals surface area contributed by atoms with Crippen molar-refractivity contribution in [2.45, 2.75) is 19.0 Å². The van der Waals surface area contributed by atoms with Crippen molar-refractivity contribution in [1.82, 2.24) is 19.1 Å². The molecular formula is C12H15N5O2. The van der Waals surface area contributed by atoms with Crippen LogP contribution in [0.15, 0.2) is 29.2 Å². The molecule has 0 saturated carbocycles. The number of carbonyl (C=O) groups is 1. The third-order valence-corrected chi connectivity index (χ3v) is 3.35. The van der Waals surface area contributed by atoms with Crippen LogP contribution in [0.3, 0.4) is 0 Å². The average Bonchev–Trinajstić information content (AvgIpc) is 2.96. The molecule has 7 nitrogen and oxygen atoms in total. The molecule has 3 heterocycles. The number of hydrogen-bond acceptors (Lipinski definition) is 4. The molecule has 1 aliphatic heterocycles. The van der Waals surface area contributed by atoms with Crippen LogP contribution in [-0.2, 0) is 11.3 Å². The number of carbonyl (C=O) groups excluding carboxylic acids is 1. The van der Waals surface area contributed by atoms with Crippen molar-refractivity contribution in [2.75, 3.05) is 13.1 Å². The van der Waals surface area contributed by atoms with Gasteiger partial charge in [-0.25, -0.2) is 9.48 Å². The molecule has 1 fully saturated rings. The van der Waals surface area contributed by atoms with Gasteiger partial charge in [-0.05, 0) is 18.6 Å². The molecule has 3 rings (SSSR count). The Hall–Kier alpha value is -2.15. The molecule has 0 bridgehead atoms. The Morgan fingerprint density at radius 3 is 3.00 bits per heavy atom. The Labute approximate surface area is 109 Å². The van der Waals surface area contributed by atoms with Gasteiger partial charge in [0.05, 0.1) is 0 Å². The van der Waals surface area contributed by atoms with Crippen LogP contribution in [0.4, 0.5) is 0 Å². The summed E-state index contributed by atoms with van der Waals surface area (Å²) in [5.41, 5.74) is 6.01. The molecule has 1 aliphatic rings. The standard InChI is InChI=1S/C12H15N5O2/c13-9-4-6-15(7-9)11(18)8-17-12(19)16-5-2-1-3-10(16)14-17/h1-3,5,9H,4,6-8,13H2/t9-/m1/s1. The molecule has 100 valence electrons. The molecule has 0 aliphatic carbocycles. The molecule has 1 atom stereocenters. The van der Waals surface area contributed by atoms with Crippen molar-refractivity contribution < 1.29 is 4.79 Å². The second-order valence-corrected chi connectivity index (χ2v) is 4.76. The lowest BCUT2D eigenvalue weighted by Crippen LogP contribution is -2.36. The molecule has 2 aromatic heterocycles. The largest absolute Gasteiger partial charge is 0.350 e. The summed E-state index contributed by atoms with van der Waals surface area (Å²) in [5, 5.41) is 4.13. The van der Waals surface area contributed by atoms with Crippen molar-refractivity contribution in [2.24, 2.45) is 5.73 Å². The second kappa shape index (κ2) is 4.51. The number of pyridine rings is 1. The van der Waals surface area contributed by atoms with Gasteiger partial charge in [-0.3, -0.25) is 9.20 Å². The number of nitrogens with two attached hydrogens (primary N) is 1. The third kappa shape index (κ3) is 2.12. The molecule has 0 aromatic carbocycles. The highest BCUT2D eigenvalue weighted by atomic mass is 16.2. The van der Waals surface area contributed by atoms with E-state index >= 15 is 0 Å². The lowest BCUT2D eigenvalue weighted by atomic mass is 10.3. The third-order valence-electron chi connectivity index (χ3n) is 3.35.